The molecule has 0 saturated carbocycles. The SMILES string of the molecule is C1=CC(c2ccccc2)(c2nc(-c3ccccc3)nc(-c3ccccc3)n2)CC(c2cccc(-c3cc(-c4ccccc4)c(-c4ccccc4)c(-c4ccccc4)c3-c3ccccc3)c2)=C1. The van der Waals surface area contributed by atoms with Crippen molar-refractivity contribution in [2.45, 2.75) is 11.8 Å². The van der Waals surface area contributed by atoms with Crippen LogP contribution in [-0.2, 0) is 5.41 Å². The molecule has 1 unspecified atom stereocenters. The third-order valence-corrected chi connectivity index (χ3v) is 12.7. The molecule has 1 aromatic heterocycles. The molecule has 0 fully saturated rings. The molecule has 9 aromatic carbocycles. The van der Waals surface area contributed by atoms with Gasteiger partial charge in [-0.2, -0.15) is 0 Å². The lowest BCUT2D eigenvalue weighted by Gasteiger charge is -2.34. The Kier molecular flexibility index (Phi) is 10.9. The minimum atomic E-state index is -0.690. The van der Waals surface area contributed by atoms with Gasteiger partial charge in [0.25, 0.3) is 0 Å². The van der Waals surface area contributed by atoms with Crippen LogP contribution in [0.4, 0.5) is 0 Å². The molecule has 0 aliphatic heterocycles. The third-order valence-electron chi connectivity index (χ3n) is 12.7. The van der Waals surface area contributed by atoms with Crippen molar-refractivity contribution < 1.29 is 0 Å². The van der Waals surface area contributed by atoms with Gasteiger partial charge in [-0.25, -0.2) is 15.0 Å². The Morgan fingerprint density at radius 3 is 1.21 bits per heavy atom. The summed E-state index contributed by atoms with van der Waals surface area (Å²) >= 11 is 0. The van der Waals surface area contributed by atoms with Gasteiger partial charge >= 0.3 is 0 Å². The Morgan fingerprint density at radius 2 is 0.712 bits per heavy atom. The van der Waals surface area contributed by atoms with Gasteiger partial charge in [-0.15, -0.1) is 0 Å². The van der Waals surface area contributed by atoms with E-state index in [-0.39, 0.29) is 0 Å². The number of rotatable bonds is 10. The third kappa shape index (κ3) is 7.78. The van der Waals surface area contributed by atoms with Crippen molar-refractivity contribution >= 4 is 5.57 Å². The molecule has 0 amide bonds. The van der Waals surface area contributed by atoms with Crippen LogP contribution in [0.2, 0.25) is 0 Å². The molecule has 1 heterocycles. The summed E-state index contributed by atoms with van der Waals surface area (Å²) in [5, 5.41) is 0. The number of hydrogen-bond donors (Lipinski definition) is 0. The van der Waals surface area contributed by atoms with Gasteiger partial charge in [-0.05, 0) is 90.9 Å². The van der Waals surface area contributed by atoms with Crippen molar-refractivity contribution in [3.63, 3.8) is 0 Å². The van der Waals surface area contributed by atoms with Gasteiger partial charge in [0, 0.05) is 11.1 Å². The summed E-state index contributed by atoms with van der Waals surface area (Å²) in [6, 6.07) is 86.2. The molecule has 0 spiro atoms. The summed E-state index contributed by atoms with van der Waals surface area (Å²) in [4.78, 5) is 15.8. The summed E-state index contributed by atoms with van der Waals surface area (Å²) < 4.78 is 0. The van der Waals surface area contributed by atoms with E-state index in [4.69, 9.17) is 15.0 Å². The zero-order valence-electron chi connectivity index (χ0n) is 36.4. The van der Waals surface area contributed by atoms with E-state index in [1.165, 1.54) is 50.1 Å². The van der Waals surface area contributed by atoms with Gasteiger partial charge in [0.05, 0.1) is 5.41 Å². The van der Waals surface area contributed by atoms with Gasteiger partial charge in [0.2, 0.25) is 0 Å². The van der Waals surface area contributed by atoms with Crippen molar-refractivity contribution in [1.82, 2.24) is 15.0 Å². The highest BCUT2D eigenvalue weighted by Crippen LogP contribution is 2.51. The molecule has 0 radical (unpaired) electrons. The van der Waals surface area contributed by atoms with E-state index in [0.717, 1.165) is 33.4 Å². The molecule has 10 aromatic rings. The van der Waals surface area contributed by atoms with Crippen molar-refractivity contribution in [1.29, 1.82) is 0 Å². The topological polar surface area (TPSA) is 38.7 Å². The Labute approximate surface area is 386 Å². The van der Waals surface area contributed by atoms with Crippen molar-refractivity contribution in [3.8, 4) is 78.4 Å². The Morgan fingerprint density at radius 1 is 0.318 bits per heavy atom. The fourth-order valence-electron chi connectivity index (χ4n) is 9.52. The predicted octanol–water partition coefficient (Wildman–Crippen LogP) is 15.9. The largest absolute Gasteiger partial charge is 0.212 e. The normalized spacial score (nSPS) is 14.4. The molecular formula is C63H45N3. The molecule has 0 saturated heterocycles. The standard InChI is InChI=1S/C63H45N3/c1-8-24-45(25-9-1)55-43-56(58(47-28-12-3-13-29-47)59(48-30-14-4-15-31-48)57(55)46-26-10-2-11-27-46)52-37-22-36-51(42-52)53-38-23-41-63(44-53,54-39-20-7-21-40-54)62-65-60(49-32-16-5-17-33-49)64-61(66-62)50-34-18-6-19-35-50/h1-43H,44H2. The highest BCUT2D eigenvalue weighted by Gasteiger charge is 2.38. The van der Waals surface area contributed by atoms with Crippen LogP contribution >= 0.6 is 0 Å². The van der Waals surface area contributed by atoms with Gasteiger partial charge in [0.15, 0.2) is 11.6 Å². The Balaban J connectivity index is 1.12. The van der Waals surface area contributed by atoms with Gasteiger partial charge < -0.3 is 0 Å². The highest BCUT2D eigenvalue weighted by molar-refractivity contribution is 6.07. The maximum Gasteiger partial charge on any atom is 0.163 e. The van der Waals surface area contributed by atoms with Crippen LogP contribution in [0.3, 0.4) is 0 Å². The molecule has 0 N–H and O–H groups in total. The second-order valence-corrected chi connectivity index (χ2v) is 16.7. The van der Waals surface area contributed by atoms with Crippen LogP contribution in [0.15, 0.2) is 261 Å². The van der Waals surface area contributed by atoms with E-state index in [9.17, 15) is 0 Å². The average Bonchev–Trinajstić information content (AvgIpc) is 3.42. The van der Waals surface area contributed by atoms with Crippen molar-refractivity contribution in [3.05, 3.63) is 278 Å². The first kappa shape index (κ1) is 40.3. The Hall–Kier alpha value is -8.53. The summed E-state index contributed by atoms with van der Waals surface area (Å²) in [6.07, 6.45) is 7.38. The quantitative estimate of drug-likeness (QED) is 0.138. The van der Waals surface area contributed by atoms with Crippen LogP contribution in [0.1, 0.15) is 23.4 Å². The van der Waals surface area contributed by atoms with Gasteiger partial charge in [-0.1, -0.05) is 249 Å². The number of hydrogen-bond acceptors (Lipinski definition) is 3. The summed E-state index contributed by atoms with van der Waals surface area (Å²) in [5.41, 5.74) is 16.4. The molecule has 3 nitrogen and oxygen atoms in total. The second-order valence-electron chi connectivity index (χ2n) is 16.7. The molecule has 0 bridgehead atoms. The fourth-order valence-corrected chi connectivity index (χ4v) is 9.52. The summed E-state index contributed by atoms with van der Waals surface area (Å²) in [5.74, 6) is 2.01. The van der Waals surface area contributed by atoms with E-state index in [1.54, 1.807) is 0 Å². The maximum atomic E-state index is 5.35. The van der Waals surface area contributed by atoms with E-state index >= 15 is 0 Å². The van der Waals surface area contributed by atoms with Crippen LogP contribution in [-0.4, -0.2) is 15.0 Å². The molecule has 1 aliphatic carbocycles. The summed E-state index contributed by atoms with van der Waals surface area (Å²) in [7, 11) is 0. The van der Waals surface area contributed by atoms with E-state index in [2.05, 4.69) is 224 Å². The fraction of sp³-hybridized carbons (Fsp3) is 0.0317. The molecule has 11 rings (SSSR count). The molecule has 1 atom stereocenters. The number of nitrogens with zero attached hydrogens (tertiary/aromatic N) is 3. The lowest BCUT2D eigenvalue weighted by Crippen LogP contribution is -2.30. The van der Waals surface area contributed by atoms with Gasteiger partial charge in [0.1, 0.15) is 5.82 Å². The summed E-state index contributed by atoms with van der Waals surface area (Å²) in [6.45, 7) is 0. The molecule has 3 heteroatoms. The lowest BCUT2D eigenvalue weighted by atomic mass is 9.71. The zero-order valence-corrected chi connectivity index (χ0v) is 36.4. The van der Waals surface area contributed by atoms with E-state index in [0.29, 0.717) is 23.9 Å². The number of aromatic nitrogens is 3. The molecule has 66 heavy (non-hydrogen) atoms. The average molecular weight is 844 g/mol. The minimum Gasteiger partial charge on any atom is -0.212 e. The molecule has 1 aliphatic rings. The van der Waals surface area contributed by atoms with Gasteiger partial charge in [-0.3, -0.25) is 0 Å². The lowest BCUT2D eigenvalue weighted by molar-refractivity contribution is 0.605. The van der Waals surface area contributed by atoms with Crippen LogP contribution < -0.4 is 0 Å². The highest BCUT2D eigenvalue weighted by atomic mass is 15.0. The van der Waals surface area contributed by atoms with Crippen LogP contribution in [0.5, 0.6) is 0 Å². The van der Waals surface area contributed by atoms with E-state index < -0.39 is 5.41 Å². The second kappa shape index (κ2) is 17.9. The molecule has 312 valence electrons. The van der Waals surface area contributed by atoms with Crippen LogP contribution in [0.25, 0.3) is 84.0 Å². The number of benzene rings is 9. The molecular weight excluding hydrogens is 799 g/mol. The Bertz CT molecular complexity index is 3280. The van der Waals surface area contributed by atoms with E-state index in [1.807, 2.05) is 36.4 Å². The zero-order chi connectivity index (χ0) is 44.1. The monoisotopic (exact) mass is 843 g/mol. The maximum absolute atomic E-state index is 5.35. The first-order chi connectivity index (χ1) is 32.7. The number of allylic oxidation sites excluding steroid dienone is 4. The van der Waals surface area contributed by atoms with Crippen molar-refractivity contribution in [2.24, 2.45) is 0 Å². The minimum absolute atomic E-state index is 0.645. The first-order valence-electron chi connectivity index (χ1n) is 22.6. The smallest absolute Gasteiger partial charge is 0.163 e. The first-order valence-corrected chi connectivity index (χ1v) is 22.6. The van der Waals surface area contributed by atoms with Crippen LogP contribution in [0, 0.1) is 0 Å². The van der Waals surface area contributed by atoms with Crippen molar-refractivity contribution in [2.75, 3.05) is 0 Å². The predicted molar refractivity (Wildman–Crippen MR) is 273 cm³/mol.